The van der Waals surface area contributed by atoms with Crippen LogP contribution in [0.15, 0.2) is 60.7 Å². The lowest BCUT2D eigenvalue weighted by atomic mass is 9.89. The number of carbonyl (C=O) groups is 3. The van der Waals surface area contributed by atoms with Gasteiger partial charge in [0.1, 0.15) is 17.7 Å². The van der Waals surface area contributed by atoms with Gasteiger partial charge < -0.3 is 31.1 Å². The smallest absolute Gasteiger partial charge is 0.407 e. The summed E-state index contributed by atoms with van der Waals surface area (Å²) in [4.78, 5) is 32.0. The first-order valence-electron chi connectivity index (χ1n) is 16.4. The zero-order valence-electron chi connectivity index (χ0n) is 28.9. The lowest BCUT2D eigenvalue weighted by Gasteiger charge is -2.19. The molecule has 2 aromatic carbocycles. The maximum Gasteiger partial charge on any atom is 0.407 e. The molecule has 0 aromatic heterocycles. The third-order valence-electron chi connectivity index (χ3n) is 6.79. The van der Waals surface area contributed by atoms with Gasteiger partial charge in [-0.3, -0.25) is 0 Å². The standard InChI is InChI=1S/C15H16.C12H23NO3.C7H13NO.C2H6.CH5N/c1-2-15(13-9-5-3-6-10-13)14-11-7-4-8-12-14;1-10(14)8-6-5-7-9-13-11(15)16-12(2,3)4;8-7(5-9)6-3-1-2-4-6;2*1-2/h3-12,15H,2H2,1H3;5-9H2,1-4H3,(H,13,15);5-7H,1-4,8H2;1-2H3;2H2,1H3. The minimum atomic E-state index is -0.446. The van der Waals surface area contributed by atoms with Crippen LogP contribution in [0.4, 0.5) is 4.79 Å². The number of aldehydes is 1. The Morgan fingerprint density at radius 1 is 0.909 bits per heavy atom. The number of Topliss-reactive ketones (excluding diaryl/α,β-unsaturated/α-hetero) is 1. The molecule has 7 heteroatoms. The number of benzene rings is 2. The van der Waals surface area contributed by atoms with Gasteiger partial charge >= 0.3 is 6.09 Å². The summed E-state index contributed by atoms with van der Waals surface area (Å²) in [6.45, 7) is 13.9. The second kappa shape index (κ2) is 27.5. The molecule has 0 radical (unpaired) electrons. The molecule has 1 aliphatic carbocycles. The van der Waals surface area contributed by atoms with Crippen molar-refractivity contribution >= 4 is 18.2 Å². The molecule has 5 N–H and O–H groups in total. The van der Waals surface area contributed by atoms with E-state index in [1.54, 1.807) is 6.92 Å². The highest BCUT2D eigenvalue weighted by atomic mass is 16.6. The number of ether oxygens (including phenoxy) is 1. The fraction of sp³-hybridized carbons (Fsp3) is 0.595. The molecule has 1 unspecified atom stereocenters. The van der Waals surface area contributed by atoms with Crippen molar-refractivity contribution in [1.29, 1.82) is 0 Å². The van der Waals surface area contributed by atoms with Gasteiger partial charge in [-0.25, -0.2) is 4.79 Å². The number of nitrogens with two attached hydrogens (primary N) is 2. The van der Waals surface area contributed by atoms with E-state index in [4.69, 9.17) is 10.5 Å². The fourth-order valence-electron chi connectivity index (χ4n) is 4.67. The van der Waals surface area contributed by atoms with E-state index in [2.05, 4.69) is 78.6 Å². The summed E-state index contributed by atoms with van der Waals surface area (Å²) in [5, 5.41) is 2.68. The number of ketones is 1. The number of hydrogen-bond acceptors (Lipinski definition) is 6. The van der Waals surface area contributed by atoms with Gasteiger partial charge in [-0.1, -0.05) is 101 Å². The van der Waals surface area contributed by atoms with E-state index in [1.807, 2.05) is 34.6 Å². The van der Waals surface area contributed by atoms with Gasteiger partial charge in [0.05, 0.1) is 6.04 Å². The lowest BCUT2D eigenvalue weighted by molar-refractivity contribution is -0.117. The molecular weight excluding hydrogens is 550 g/mol. The highest BCUT2D eigenvalue weighted by molar-refractivity contribution is 5.75. The van der Waals surface area contributed by atoms with E-state index >= 15 is 0 Å². The summed E-state index contributed by atoms with van der Waals surface area (Å²) in [5.74, 6) is 1.25. The molecule has 0 bridgehead atoms. The van der Waals surface area contributed by atoms with Crippen LogP contribution in [0.1, 0.15) is 123 Å². The molecule has 0 aliphatic heterocycles. The van der Waals surface area contributed by atoms with Crippen molar-refractivity contribution in [2.45, 2.75) is 124 Å². The van der Waals surface area contributed by atoms with Crippen molar-refractivity contribution < 1.29 is 19.1 Å². The molecule has 2 aromatic rings. The predicted molar refractivity (Wildman–Crippen MR) is 186 cm³/mol. The summed E-state index contributed by atoms with van der Waals surface area (Å²) in [7, 11) is 1.50. The molecule has 0 saturated heterocycles. The minimum absolute atomic E-state index is 0.188. The Labute approximate surface area is 268 Å². The van der Waals surface area contributed by atoms with E-state index in [9.17, 15) is 14.4 Å². The van der Waals surface area contributed by atoms with E-state index < -0.39 is 5.60 Å². The Balaban J connectivity index is 0. The number of rotatable bonds is 11. The molecule has 250 valence electrons. The van der Waals surface area contributed by atoms with Gasteiger partial charge in [-0.2, -0.15) is 0 Å². The van der Waals surface area contributed by atoms with Gasteiger partial charge in [0, 0.05) is 18.9 Å². The normalized spacial score (nSPS) is 12.8. The van der Waals surface area contributed by atoms with Crippen molar-refractivity contribution in [3.05, 3.63) is 71.8 Å². The number of carbonyl (C=O) groups excluding carboxylic acids is 3. The summed E-state index contributed by atoms with van der Waals surface area (Å²) in [5.41, 5.74) is 12.4. The first-order chi connectivity index (χ1) is 21.1. The molecular formula is C37H63N3O4. The van der Waals surface area contributed by atoms with Crippen LogP contribution < -0.4 is 16.8 Å². The Hall–Kier alpha value is -3.03. The van der Waals surface area contributed by atoms with Crippen LogP contribution in [0.2, 0.25) is 0 Å². The second-order valence-electron chi connectivity index (χ2n) is 11.5. The molecule has 7 nitrogen and oxygen atoms in total. The van der Waals surface area contributed by atoms with Crippen molar-refractivity contribution in [2.24, 2.45) is 17.4 Å². The van der Waals surface area contributed by atoms with Crippen LogP contribution in [0.3, 0.4) is 0 Å². The van der Waals surface area contributed by atoms with Crippen LogP contribution in [0, 0.1) is 5.92 Å². The Morgan fingerprint density at radius 3 is 1.77 bits per heavy atom. The second-order valence-corrected chi connectivity index (χ2v) is 11.5. The zero-order chi connectivity index (χ0) is 33.8. The van der Waals surface area contributed by atoms with Crippen LogP contribution in [0.5, 0.6) is 0 Å². The average Bonchev–Trinajstić information content (AvgIpc) is 3.57. The highest BCUT2D eigenvalue weighted by Crippen LogP contribution is 2.27. The van der Waals surface area contributed by atoms with E-state index in [0.29, 0.717) is 24.8 Å². The molecule has 44 heavy (non-hydrogen) atoms. The summed E-state index contributed by atoms with van der Waals surface area (Å²) in [6, 6.07) is 21.2. The van der Waals surface area contributed by atoms with E-state index in [-0.39, 0.29) is 17.9 Å². The summed E-state index contributed by atoms with van der Waals surface area (Å²) in [6.07, 6.45) is 9.82. The minimum Gasteiger partial charge on any atom is -0.444 e. The van der Waals surface area contributed by atoms with Crippen molar-refractivity contribution in [1.82, 2.24) is 5.32 Å². The van der Waals surface area contributed by atoms with Crippen LogP contribution in [0.25, 0.3) is 0 Å². The zero-order valence-corrected chi connectivity index (χ0v) is 28.9. The van der Waals surface area contributed by atoms with Gasteiger partial charge in [0.15, 0.2) is 0 Å². The van der Waals surface area contributed by atoms with Crippen molar-refractivity contribution in [3.8, 4) is 0 Å². The predicted octanol–water partition coefficient (Wildman–Crippen LogP) is 8.19. The lowest BCUT2D eigenvalue weighted by Crippen LogP contribution is -2.32. The monoisotopic (exact) mass is 613 g/mol. The number of unbranched alkanes of at least 4 members (excludes halogenated alkanes) is 2. The topological polar surface area (TPSA) is 125 Å². The van der Waals surface area contributed by atoms with Crippen molar-refractivity contribution in [2.75, 3.05) is 13.6 Å². The average molecular weight is 614 g/mol. The maximum atomic E-state index is 11.2. The molecule has 0 spiro atoms. The fourth-order valence-corrected chi connectivity index (χ4v) is 4.67. The molecule has 1 amide bonds. The van der Waals surface area contributed by atoms with Gasteiger partial charge in [-0.05, 0) is 83.9 Å². The Morgan fingerprint density at radius 2 is 1.39 bits per heavy atom. The summed E-state index contributed by atoms with van der Waals surface area (Å²) >= 11 is 0. The number of amides is 1. The third kappa shape index (κ3) is 22.5. The van der Waals surface area contributed by atoms with Crippen LogP contribution in [-0.2, 0) is 14.3 Å². The third-order valence-corrected chi connectivity index (χ3v) is 6.79. The van der Waals surface area contributed by atoms with Crippen LogP contribution >= 0.6 is 0 Å². The van der Waals surface area contributed by atoms with Gasteiger partial charge in [-0.15, -0.1) is 0 Å². The highest BCUT2D eigenvalue weighted by Gasteiger charge is 2.20. The SMILES string of the molecule is CC.CC(=O)CCCCCNC(=O)OC(C)(C)C.CCC(c1ccccc1)c1ccccc1.CN.NC(C=O)C1CCCC1. The molecule has 1 atom stereocenters. The van der Waals surface area contributed by atoms with Crippen molar-refractivity contribution in [3.63, 3.8) is 0 Å². The largest absolute Gasteiger partial charge is 0.444 e. The summed E-state index contributed by atoms with van der Waals surface area (Å²) < 4.78 is 5.08. The number of nitrogens with one attached hydrogen (secondary N) is 1. The molecule has 1 fully saturated rings. The van der Waals surface area contributed by atoms with Gasteiger partial charge in [0.25, 0.3) is 0 Å². The number of alkyl carbamates (subject to hydrolysis) is 1. The molecule has 1 aliphatic rings. The molecule has 1 saturated carbocycles. The first kappa shape index (κ1) is 43.1. The van der Waals surface area contributed by atoms with E-state index in [1.165, 1.54) is 31.0 Å². The first-order valence-corrected chi connectivity index (χ1v) is 16.4. The number of hydrogen-bond donors (Lipinski definition) is 3. The molecule has 0 heterocycles. The van der Waals surface area contributed by atoms with E-state index in [0.717, 1.165) is 44.8 Å². The quantitative estimate of drug-likeness (QED) is 0.173. The van der Waals surface area contributed by atoms with Crippen LogP contribution in [-0.4, -0.2) is 43.4 Å². The Kier molecular flexibility index (Phi) is 27.0. The maximum absolute atomic E-state index is 11.2. The van der Waals surface area contributed by atoms with Gasteiger partial charge in [0.2, 0.25) is 0 Å². The molecule has 3 rings (SSSR count). The Bertz CT molecular complexity index is 916.